The normalized spacial score (nSPS) is 20.4. The second-order valence-electron chi connectivity index (χ2n) is 7.28. The molecule has 1 aliphatic carbocycles. The zero-order valence-corrected chi connectivity index (χ0v) is 15.6. The molecule has 2 aliphatic rings. The molecule has 0 radical (unpaired) electrons. The molecule has 2 aromatic carbocycles. The van der Waals surface area contributed by atoms with Crippen molar-refractivity contribution in [1.82, 2.24) is 10.6 Å². The van der Waals surface area contributed by atoms with Crippen LogP contribution >= 0.6 is 0 Å². The molecule has 0 bridgehead atoms. The van der Waals surface area contributed by atoms with Gasteiger partial charge >= 0.3 is 0 Å². The van der Waals surface area contributed by atoms with Crippen LogP contribution in [0.3, 0.4) is 0 Å². The molecule has 0 saturated heterocycles. The summed E-state index contributed by atoms with van der Waals surface area (Å²) in [7, 11) is 0. The molecule has 6 nitrogen and oxygen atoms in total. The SMILES string of the molecule is O=C(CNC(=O)c1ccc2c(c1)OCO2)NC1CCC(c2ccccc2)CC1. The Labute approximate surface area is 164 Å². The summed E-state index contributed by atoms with van der Waals surface area (Å²) in [6.45, 7) is 0.126. The summed E-state index contributed by atoms with van der Waals surface area (Å²) in [5.74, 6) is 1.28. The minimum Gasteiger partial charge on any atom is -0.454 e. The van der Waals surface area contributed by atoms with Crippen LogP contribution in [0.2, 0.25) is 0 Å². The van der Waals surface area contributed by atoms with Crippen molar-refractivity contribution in [3.63, 3.8) is 0 Å². The second kappa shape index (κ2) is 8.33. The van der Waals surface area contributed by atoms with Crippen LogP contribution in [0, 0.1) is 0 Å². The molecule has 1 saturated carbocycles. The van der Waals surface area contributed by atoms with Crippen molar-refractivity contribution in [1.29, 1.82) is 0 Å². The average Bonchev–Trinajstić information content (AvgIpc) is 3.21. The molecule has 0 atom stereocenters. The quantitative estimate of drug-likeness (QED) is 0.836. The van der Waals surface area contributed by atoms with Gasteiger partial charge in [0.2, 0.25) is 12.7 Å². The summed E-state index contributed by atoms with van der Waals surface area (Å²) in [4.78, 5) is 24.5. The van der Waals surface area contributed by atoms with Crippen molar-refractivity contribution in [2.45, 2.75) is 37.6 Å². The van der Waals surface area contributed by atoms with Gasteiger partial charge in [-0.2, -0.15) is 0 Å². The summed E-state index contributed by atoms with van der Waals surface area (Å²) >= 11 is 0. The van der Waals surface area contributed by atoms with Gasteiger partial charge in [-0.3, -0.25) is 9.59 Å². The number of benzene rings is 2. The van der Waals surface area contributed by atoms with Crippen LogP contribution in [0.15, 0.2) is 48.5 Å². The highest BCUT2D eigenvalue weighted by molar-refractivity contribution is 5.97. The highest BCUT2D eigenvalue weighted by Gasteiger charge is 2.23. The van der Waals surface area contributed by atoms with Crippen molar-refractivity contribution in [3.05, 3.63) is 59.7 Å². The number of ether oxygens (including phenoxy) is 2. The minimum atomic E-state index is -0.304. The maximum absolute atomic E-state index is 12.3. The first kappa shape index (κ1) is 18.3. The maximum atomic E-state index is 12.3. The standard InChI is InChI=1S/C22H24N2O4/c25-21(13-23-22(26)17-8-11-19-20(12-17)28-14-27-19)24-18-9-6-16(7-10-18)15-4-2-1-3-5-15/h1-5,8,11-12,16,18H,6-7,9-10,13-14H2,(H,23,26)(H,24,25). The van der Waals surface area contributed by atoms with E-state index < -0.39 is 0 Å². The average molecular weight is 380 g/mol. The zero-order chi connectivity index (χ0) is 19.3. The molecule has 1 aliphatic heterocycles. The van der Waals surface area contributed by atoms with E-state index in [0.717, 1.165) is 25.7 Å². The van der Waals surface area contributed by atoms with Crippen LogP contribution in [-0.4, -0.2) is 31.2 Å². The lowest BCUT2D eigenvalue weighted by atomic mass is 9.82. The molecule has 2 N–H and O–H groups in total. The summed E-state index contributed by atoms with van der Waals surface area (Å²) in [5, 5.41) is 5.71. The first-order valence-corrected chi connectivity index (χ1v) is 9.71. The van der Waals surface area contributed by atoms with Gasteiger partial charge in [-0.25, -0.2) is 0 Å². The number of carbonyl (C=O) groups excluding carboxylic acids is 2. The molecule has 146 valence electrons. The fourth-order valence-corrected chi connectivity index (χ4v) is 3.88. The Bertz CT molecular complexity index is 845. The second-order valence-corrected chi connectivity index (χ2v) is 7.28. The van der Waals surface area contributed by atoms with Gasteiger partial charge in [0.15, 0.2) is 11.5 Å². The number of amides is 2. The molecular weight excluding hydrogens is 356 g/mol. The highest BCUT2D eigenvalue weighted by Crippen LogP contribution is 2.33. The van der Waals surface area contributed by atoms with Crippen LogP contribution in [0.1, 0.15) is 47.5 Å². The zero-order valence-electron chi connectivity index (χ0n) is 15.6. The van der Waals surface area contributed by atoms with Gasteiger partial charge in [0, 0.05) is 11.6 Å². The third-order valence-corrected chi connectivity index (χ3v) is 5.41. The van der Waals surface area contributed by atoms with Crippen molar-refractivity contribution in [2.24, 2.45) is 0 Å². The van der Waals surface area contributed by atoms with E-state index in [2.05, 4.69) is 34.9 Å². The van der Waals surface area contributed by atoms with Gasteiger partial charge < -0.3 is 20.1 Å². The number of hydrogen-bond donors (Lipinski definition) is 2. The van der Waals surface area contributed by atoms with Gasteiger partial charge in [0.25, 0.3) is 5.91 Å². The molecule has 4 rings (SSSR count). The Balaban J connectivity index is 1.21. The summed E-state index contributed by atoms with van der Waals surface area (Å²) in [5.41, 5.74) is 1.82. The summed E-state index contributed by atoms with van der Waals surface area (Å²) in [6.07, 6.45) is 4.06. The third kappa shape index (κ3) is 4.27. The molecule has 0 spiro atoms. The van der Waals surface area contributed by atoms with Gasteiger partial charge in [-0.05, 0) is 55.4 Å². The van der Waals surface area contributed by atoms with E-state index in [4.69, 9.17) is 9.47 Å². The Kier molecular flexibility index (Phi) is 5.46. The van der Waals surface area contributed by atoms with Crippen molar-refractivity contribution in [2.75, 3.05) is 13.3 Å². The fraction of sp³-hybridized carbons (Fsp3) is 0.364. The van der Waals surface area contributed by atoms with Crippen molar-refractivity contribution < 1.29 is 19.1 Å². The van der Waals surface area contributed by atoms with Crippen LogP contribution in [0.4, 0.5) is 0 Å². The van der Waals surface area contributed by atoms with E-state index in [1.807, 2.05) is 6.07 Å². The predicted octanol–water partition coefficient (Wildman–Crippen LogP) is 2.99. The molecule has 6 heteroatoms. The van der Waals surface area contributed by atoms with Crippen LogP contribution in [0.25, 0.3) is 0 Å². The Morgan fingerprint density at radius 3 is 2.46 bits per heavy atom. The molecule has 2 aromatic rings. The molecular formula is C22H24N2O4. The largest absolute Gasteiger partial charge is 0.454 e. The Morgan fingerprint density at radius 1 is 0.929 bits per heavy atom. The van der Waals surface area contributed by atoms with Gasteiger partial charge in [-0.1, -0.05) is 30.3 Å². The fourth-order valence-electron chi connectivity index (χ4n) is 3.88. The summed E-state index contributed by atoms with van der Waals surface area (Å²) < 4.78 is 10.5. The molecule has 2 amide bonds. The van der Waals surface area contributed by atoms with Crippen LogP contribution in [-0.2, 0) is 4.79 Å². The molecule has 0 unspecified atom stereocenters. The number of rotatable bonds is 5. The molecule has 1 fully saturated rings. The smallest absolute Gasteiger partial charge is 0.251 e. The highest BCUT2D eigenvalue weighted by atomic mass is 16.7. The van der Waals surface area contributed by atoms with E-state index in [1.165, 1.54) is 5.56 Å². The van der Waals surface area contributed by atoms with E-state index in [9.17, 15) is 9.59 Å². The van der Waals surface area contributed by atoms with Gasteiger partial charge in [-0.15, -0.1) is 0 Å². The van der Waals surface area contributed by atoms with Crippen molar-refractivity contribution >= 4 is 11.8 Å². The van der Waals surface area contributed by atoms with E-state index in [-0.39, 0.29) is 31.2 Å². The van der Waals surface area contributed by atoms with Crippen LogP contribution in [0.5, 0.6) is 11.5 Å². The van der Waals surface area contributed by atoms with Gasteiger partial charge in [0.05, 0.1) is 6.54 Å². The topological polar surface area (TPSA) is 76.7 Å². The van der Waals surface area contributed by atoms with Crippen molar-refractivity contribution in [3.8, 4) is 11.5 Å². The number of carbonyl (C=O) groups is 2. The predicted molar refractivity (Wildman–Crippen MR) is 104 cm³/mol. The summed E-state index contributed by atoms with van der Waals surface area (Å²) in [6, 6.07) is 15.7. The van der Waals surface area contributed by atoms with Crippen LogP contribution < -0.4 is 20.1 Å². The number of nitrogens with one attached hydrogen (secondary N) is 2. The molecule has 28 heavy (non-hydrogen) atoms. The van der Waals surface area contributed by atoms with E-state index in [0.29, 0.717) is 23.0 Å². The molecule has 0 aromatic heterocycles. The Hall–Kier alpha value is -3.02. The molecule has 1 heterocycles. The van der Waals surface area contributed by atoms with E-state index >= 15 is 0 Å². The lowest BCUT2D eigenvalue weighted by Crippen LogP contribution is -2.43. The number of fused-ring (bicyclic) bond motifs is 1. The minimum absolute atomic E-state index is 0.0358. The lowest BCUT2D eigenvalue weighted by Gasteiger charge is -2.29. The first-order valence-electron chi connectivity index (χ1n) is 9.71. The first-order chi connectivity index (χ1) is 13.7. The Morgan fingerprint density at radius 2 is 1.68 bits per heavy atom. The van der Waals surface area contributed by atoms with Gasteiger partial charge in [0.1, 0.15) is 0 Å². The number of hydrogen-bond acceptors (Lipinski definition) is 4. The maximum Gasteiger partial charge on any atom is 0.251 e. The lowest BCUT2D eigenvalue weighted by molar-refractivity contribution is -0.121. The third-order valence-electron chi connectivity index (χ3n) is 5.41. The van der Waals surface area contributed by atoms with E-state index in [1.54, 1.807) is 18.2 Å². The monoisotopic (exact) mass is 380 g/mol.